The van der Waals surface area contributed by atoms with Gasteiger partial charge >= 0.3 is 0 Å². The third-order valence-corrected chi connectivity index (χ3v) is 2.32. The minimum absolute atomic E-state index is 0.511. The van der Waals surface area contributed by atoms with Gasteiger partial charge in [0.15, 0.2) is 0 Å². The molecule has 3 heteroatoms. The van der Waals surface area contributed by atoms with Crippen molar-refractivity contribution in [2.75, 3.05) is 0 Å². The summed E-state index contributed by atoms with van der Waals surface area (Å²) in [7, 11) is 0. The number of alkyl halides is 1. The molecule has 0 heterocycles. The molecule has 0 aliphatic rings. The van der Waals surface area contributed by atoms with E-state index >= 15 is 0 Å². The van der Waals surface area contributed by atoms with Crippen LogP contribution in [0.4, 0.5) is 0 Å². The standard InChI is InChI=1S/C11H10ClNO/c1-2-10(12)11(14)9-5-3-8(7-13)4-6-9/h2-6,10-11,14H,1H2/t10-,11+/m1/s1. The highest BCUT2D eigenvalue weighted by atomic mass is 35.5. The van der Waals surface area contributed by atoms with Crippen molar-refractivity contribution >= 4 is 11.6 Å². The second kappa shape index (κ2) is 4.80. The molecule has 0 radical (unpaired) electrons. The number of benzene rings is 1. The minimum atomic E-state index is -0.776. The zero-order chi connectivity index (χ0) is 10.6. The lowest BCUT2D eigenvalue weighted by molar-refractivity contribution is 0.185. The molecule has 0 fully saturated rings. The van der Waals surface area contributed by atoms with Crippen LogP contribution in [0.3, 0.4) is 0 Å². The van der Waals surface area contributed by atoms with E-state index in [-0.39, 0.29) is 0 Å². The molecule has 0 spiro atoms. The lowest BCUT2D eigenvalue weighted by atomic mass is 10.0. The van der Waals surface area contributed by atoms with Crippen molar-refractivity contribution in [2.24, 2.45) is 0 Å². The van der Waals surface area contributed by atoms with Crippen LogP contribution in [-0.4, -0.2) is 10.5 Å². The summed E-state index contributed by atoms with van der Waals surface area (Å²) in [5.74, 6) is 0. The van der Waals surface area contributed by atoms with E-state index < -0.39 is 11.5 Å². The van der Waals surface area contributed by atoms with Gasteiger partial charge in [-0.3, -0.25) is 0 Å². The van der Waals surface area contributed by atoms with Gasteiger partial charge in [0.05, 0.1) is 23.1 Å². The summed E-state index contributed by atoms with van der Waals surface area (Å²) in [6.45, 7) is 3.50. The first-order valence-corrected chi connectivity index (χ1v) is 4.57. The summed E-state index contributed by atoms with van der Waals surface area (Å²) in [6.07, 6.45) is 0.701. The van der Waals surface area contributed by atoms with Crippen LogP contribution in [-0.2, 0) is 0 Å². The van der Waals surface area contributed by atoms with Crippen LogP contribution in [0.1, 0.15) is 17.2 Å². The smallest absolute Gasteiger partial charge is 0.0991 e. The molecule has 0 amide bonds. The number of aliphatic hydroxyl groups excluding tert-OH is 1. The highest BCUT2D eigenvalue weighted by molar-refractivity contribution is 6.22. The summed E-state index contributed by atoms with van der Waals surface area (Å²) in [4.78, 5) is 0. The average Bonchev–Trinajstić information content (AvgIpc) is 2.27. The summed E-state index contributed by atoms with van der Waals surface area (Å²) in [6, 6.07) is 8.66. The molecule has 2 nitrogen and oxygen atoms in total. The summed E-state index contributed by atoms with van der Waals surface area (Å²) < 4.78 is 0. The zero-order valence-electron chi connectivity index (χ0n) is 7.52. The first kappa shape index (κ1) is 10.8. The van der Waals surface area contributed by atoms with Gasteiger partial charge in [-0.2, -0.15) is 5.26 Å². The van der Waals surface area contributed by atoms with Gasteiger partial charge in [0.1, 0.15) is 0 Å². The van der Waals surface area contributed by atoms with Crippen LogP contribution in [0, 0.1) is 11.3 Å². The fourth-order valence-electron chi connectivity index (χ4n) is 1.07. The van der Waals surface area contributed by atoms with E-state index in [1.165, 1.54) is 6.08 Å². The quantitative estimate of drug-likeness (QED) is 0.611. The molecule has 14 heavy (non-hydrogen) atoms. The SMILES string of the molecule is C=C[C@@H](Cl)[C@@H](O)c1ccc(C#N)cc1. The van der Waals surface area contributed by atoms with Gasteiger partial charge in [0.2, 0.25) is 0 Å². The van der Waals surface area contributed by atoms with Gasteiger partial charge in [-0.25, -0.2) is 0 Å². The van der Waals surface area contributed by atoms with Crippen LogP contribution in [0.15, 0.2) is 36.9 Å². The van der Waals surface area contributed by atoms with Crippen LogP contribution in [0.25, 0.3) is 0 Å². The Balaban J connectivity index is 2.87. The molecule has 0 aliphatic carbocycles. The van der Waals surface area contributed by atoms with Crippen LogP contribution in [0.2, 0.25) is 0 Å². The number of hydrogen-bond acceptors (Lipinski definition) is 2. The Kier molecular flexibility index (Phi) is 3.70. The minimum Gasteiger partial charge on any atom is -0.387 e. The number of nitrogens with zero attached hydrogens (tertiary/aromatic N) is 1. The Morgan fingerprint density at radius 1 is 1.43 bits per heavy atom. The van der Waals surface area contributed by atoms with Crippen molar-refractivity contribution < 1.29 is 5.11 Å². The lowest BCUT2D eigenvalue weighted by Crippen LogP contribution is -2.09. The maximum Gasteiger partial charge on any atom is 0.0991 e. The van der Waals surface area contributed by atoms with Gasteiger partial charge in [-0.15, -0.1) is 18.2 Å². The molecular formula is C11H10ClNO. The fraction of sp³-hybridized carbons (Fsp3) is 0.182. The van der Waals surface area contributed by atoms with Gasteiger partial charge in [0.25, 0.3) is 0 Å². The van der Waals surface area contributed by atoms with Crippen molar-refractivity contribution in [3.63, 3.8) is 0 Å². The van der Waals surface area contributed by atoms with Crippen molar-refractivity contribution in [1.29, 1.82) is 5.26 Å². The molecule has 72 valence electrons. The second-order valence-corrected chi connectivity index (χ2v) is 3.36. The number of aliphatic hydroxyl groups is 1. The lowest BCUT2D eigenvalue weighted by Gasteiger charge is -2.13. The maximum atomic E-state index is 9.67. The molecule has 0 bridgehead atoms. The van der Waals surface area contributed by atoms with Gasteiger partial charge in [-0.05, 0) is 17.7 Å². The van der Waals surface area contributed by atoms with E-state index in [9.17, 15) is 5.11 Å². The molecule has 0 aromatic heterocycles. The molecule has 0 saturated heterocycles. The number of rotatable bonds is 3. The molecule has 1 aromatic carbocycles. The molecule has 0 aliphatic heterocycles. The maximum absolute atomic E-state index is 9.67. The molecule has 1 N–H and O–H groups in total. The number of hydrogen-bond donors (Lipinski definition) is 1. The second-order valence-electron chi connectivity index (χ2n) is 2.86. The van der Waals surface area contributed by atoms with Gasteiger partial charge < -0.3 is 5.11 Å². The third kappa shape index (κ3) is 2.35. The third-order valence-electron chi connectivity index (χ3n) is 1.91. The monoisotopic (exact) mass is 207 g/mol. The van der Waals surface area contributed by atoms with E-state index in [2.05, 4.69) is 6.58 Å². The molecule has 1 rings (SSSR count). The van der Waals surface area contributed by atoms with Crippen molar-refractivity contribution in [3.8, 4) is 6.07 Å². The molecular weight excluding hydrogens is 198 g/mol. The highest BCUT2D eigenvalue weighted by Gasteiger charge is 2.14. The van der Waals surface area contributed by atoms with Crippen LogP contribution < -0.4 is 0 Å². The normalized spacial score (nSPS) is 14.1. The van der Waals surface area contributed by atoms with Crippen LogP contribution in [0.5, 0.6) is 0 Å². The number of halogens is 1. The molecule has 0 saturated carbocycles. The molecule has 2 atom stereocenters. The van der Waals surface area contributed by atoms with E-state index in [0.29, 0.717) is 11.1 Å². The zero-order valence-corrected chi connectivity index (χ0v) is 8.28. The van der Waals surface area contributed by atoms with Crippen molar-refractivity contribution in [3.05, 3.63) is 48.0 Å². The van der Waals surface area contributed by atoms with E-state index in [0.717, 1.165) is 0 Å². The van der Waals surface area contributed by atoms with E-state index in [1.54, 1.807) is 24.3 Å². The predicted octanol–water partition coefficient (Wildman–Crippen LogP) is 2.39. The molecule has 0 unspecified atom stereocenters. The summed E-state index contributed by atoms with van der Waals surface area (Å²) in [5, 5.41) is 17.7. The molecule has 1 aromatic rings. The highest BCUT2D eigenvalue weighted by Crippen LogP contribution is 2.21. The van der Waals surface area contributed by atoms with E-state index in [4.69, 9.17) is 16.9 Å². The number of nitriles is 1. The van der Waals surface area contributed by atoms with Crippen molar-refractivity contribution in [1.82, 2.24) is 0 Å². The first-order valence-electron chi connectivity index (χ1n) is 4.13. The largest absolute Gasteiger partial charge is 0.387 e. The fourth-order valence-corrected chi connectivity index (χ4v) is 1.21. The Hall–Kier alpha value is -1.30. The summed E-state index contributed by atoms with van der Waals surface area (Å²) >= 11 is 5.79. The Labute approximate surface area is 88.1 Å². The van der Waals surface area contributed by atoms with Crippen LogP contribution >= 0.6 is 11.6 Å². The summed E-state index contributed by atoms with van der Waals surface area (Å²) in [5.41, 5.74) is 1.24. The predicted molar refractivity (Wildman–Crippen MR) is 56.0 cm³/mol. The first-order chi connectivity index (χ1) is 6.69. The average molecular weight is 208 g/mol. The van der Waals surface area contributed by atoms with Crippen molar-refractivity contribution in [2.45, 2.75) is 11.5 Å². The Morgan fingerprint density at radius 3 is 2.43 bits per heavy atom. The van der Waals surface area contributed by atoms with Gasteiger partial charge in [-0.1, -0.05) is 18.2 Å². The van der Waals surface area contributed by atoms with E-state index in [1.807, 2.05) is 6.07 Å². The Morgan fingerprint density at radius 2 is 2.00 bits per heavy atom. The topological polar surface area (TPSA) is 44.0 Å². The Bertz CT molecular complexity index is 353. The van der Waals surface area contributed by atoms with Gasteiger partial charge in [0, 0.05) is 0 Å².